The van der Waals surface area contributed by atoms with Gasteiger partial charge in [0.2, 0.25) is 10.0 Å². The molecule has 0 aliphatic rings. The van der Waals surface area contributed by atoms with Crippen molar-refractivity contribution in [3.05, 3.63) is 15.8 Å². The summed E-state index contributed by atoms with van der Waals surface area (Å²) < 4.78 is 32.5. The summed E-state index contributed by atoms with van der Waals surface area (Å²) in [6, 6.07) is 0. The van der Waals surface area contributed by atoms with E-state index < -0.39 is 15.6 Å². The van der Waals surface area contributed by atoms with E-state index in [0.717, 1.165) is 0 Å². The molecule has 7 heteroatoms. The Balaban J connectivity index is 2.90. The summed E-state index contributed by atoms with van der Waals surface area (Å²) in [5, 5.41) is 10.9. The maximum atomic E-state index is 12.3. The summed E-state index contributed by atoms with van der Waals surface area (Å²) in [5.41, 5.74) is 0.0845. The van der Waals surface area contributed by atoms with E-state index in [9.17, 15) is 13.5 Å². The molecule has 110 valence electrons. The van der Waals surface area contributed by atoms with Crippen LogP contribution in [0.2, 0.25) is 0 Å². The summed E-state index contributed by atoms with van der Waals surface area (Å²) in [5.74, 6) is 0. The van der Waals surface area contributed by atoms with Crippen LogP contribution in [0.25, 0.3) is 0 Å². The molecule has 0 atom stereocenters. The molecule has 19 heavy (non-hydrogen) atoms. The van der Waals surface area contributed by atoms with Crippen LogP contribution in [0.4, 0.5) is 0 Å². The third-order valence-corrected chi connectivity index (χ3v) is 5.47. The fourth-order valence-electron chi connectivity index (χ4n) is 1.74. The van der Waals surface area contributed by atoms with Gasteiger partial charge in [-0.15, -0.1) is 11.3 Å². The molecular formula is C12H21NO4S2. The Morgan fingerprint density at radius 1 is 1.47 bits per heavy atom. The first-order valence-electron chi connectivity index (χ1n) is 6.05. The second kappa shape index (κ2) is 6.32. The van der Waals surface area contributed by atoms with Crippen LogP contribution in [0, 0.1) is 6.92 Å². The van der Waals surface area contributed by atoms with Gasteiger partial charge in [-0.3, -0.25) is 0 Å². The highest BCUT2D eigenvalue weighted by Gasteiger charge is 2.26. The van der Waals surface area contributed by atoms with Crippen molar-refractivity contribution >= 4 is 21.4 Å². The second-order valence-corrected chi connectivity index (χ2v) is 7.51. The van der Waals surface area contributed by atoms with Crippen LogP contribution in [0.1, 0.15) is 31.2 Å². The summed E-state index contributed by atoms with van der Waals surface area (Å²) in [6.45, 7) is 7.67. The molecule has 1 aromatic heterocycles. The highest BCUT2D eigenvalue weighted by atomic mass is 32.2. The highest BCUT2D eigenvalue weighted by molar-refractivity contribution is 7.89. The minimum Gasteiger partial charge on any atom is -0.391 e. The molecule has 0 bridgehead atoms. The molecule has 0 aliphatic heterocycles. The summed E-state index contributed by atoms with van der Waals surface area (Å²) in [7, 11) is -3.62. The average molecular weight is 307 g/mol. The van der Waals surface area contributed by atoms with Crippen molar-refractivity contribution in [1.82, 2.24) is 4.72 Å². The molecule has 1 rings (SSSR count). The fourth-order valence-corrected chi connectivity index (χ4v) is 4.60. The molecule has 5 nitrogen and oxygen atoms in total. The SMILES string of the molecule is CCOC(C)(C)CNS(=O)(=O)c1c(C)csc1CO. The number of hydrogen-bond donors (Lipinski definition) is 2. The number of ether oxygens (including phenoxy) is 1. The van der Waals surface area contributed by atoms with Gasteiger partial charge in [0, 0.05) is 13.2 Å². The number of hydrogen-bond acceptors (Lipinski definition) is 5. The lowest BCUT2D eigenvalue weighted by atomic mass is 10.1. The fraction of sp³-hybridized carbons (Fsp3) is 0.667. The third-order valence-electron chi connectivity index (χ3n) is 2.62. The predicted octanol–water partition coefficient (Wildman–Crippen LogP) is 1.64. The number of nitrogens with one attached hydrogen (secondary N) is 1. The Hall–Kier alpha value is -0.470. The zero-order valence-corrected chi connectivity index (χ0v) is 13.3. The van der Waals surface area contributed by atoms with Crippen LogP contribution >= 0.6 is 11.3 Å². The van der Waals surface area contributed by atoms with Crippen LogP contribution in [0.3, 0.4) is 0 Å². The number of aliphatic hydroxyl groups excluding tert-OH is 1. The topological polar surface area (TPSA) is 75.6 Å². The molecule has 0 saturated carbocycles. The van der Waals surface area contributed by atoms with Crippen molar-refractivity contribution in [2.75, 3.05) is 13.2 Å². The van der Waals surface area contributed by atoms with Crippen LogP contribution in [-0.4, -0.2) is 32.3 Å². The molecule has 0 aliphatic carbocycles. The molecule has 1 aromatic rings. The maximum Gasteiger partial charge on any atom is 0.242 e. The van der Waals surface area contributed by atoms with Gasteiger partial charge in [-0.2, -0.15) is 0 Å². The highest BCUT2D eigenvalue weighted by Crippen LogP contribution is 2.26. The van der Waals surface area contributed by atoms with Crippen LogP contribution in [0.5, 0.6) is 0 Å². The first kappa shape index (κ1) is 16.6. The van der Waals surface area contributed by atoms with Gasteiger partial charge < -0.3 is 9.84 Å². The molecule has 2 N–H and O–H groups in total. The number of rotatable bonds is 7. The van der Waals surface area contributed by atoms with E-state index >= 15 is 0 Å². The molecule has 0 unspecified atom stereocenters. The van der Waals surface area contributed by atoms with Crippen molar-refractivity contribution < 1.29 is 18.3 Å². The van der Waals surface area contributed by atoms with E-state index in [4.69, 9.17) is 4.74 Å². The molecule has 0 aromatic carbocycles. The van der Waals surface area contributed by atoms with E-state index in [2.05, 4.69) is 4.72 Å². The van der Waals surface area contributed by atoms with Crippen molar-refractivity contribution in [1.29, 1.82) is 0 Å². The van der Waals surface area contributed by atoms with E-state index in [-0.39, 0.29) is 18.0 Å². The minimum absolute atomic E-state index is 0.184. The molecule has 1 heterocycles. The molecule has 0 spiro atoms. The second-order valence-electron chi connectivity index (χ2n) is 4.85. The molecule has 0 radical (unpaired) electrons. The largest absolute Gasteiger partial charge is 0.391 e. The number of aryl methyl sites for hydroxylation is 1. The van der Waals surface area contributed by atoms with E-state index in [1.165, 1.54) is 11.3 Å². The molecular weight excluding hydrogens is 286 g/mol. The monoisotopic (exact) mass is 307 g/mol. The first-order valence-corrected chi connectivity index (χ1v) is 8.41. The average Bonchev–Trinajstić information content (AvgIpc) is 2.69. The Morgan fingerprint density at radius 2 is 2.11 bits per heavy atom. The number of sulfonamides is 1. The Morgan fingerprint density at radius 3 is 2.63 bits per heavy atom. The predicted molar refractivity (Wildman–Crippen MR) is 75.9 cm³/mol. The smallest absolute Gasteiger partial charge is 0.242 e. The molecule has 0 saturated heterocycles. The first-order chi connectivity index (χ1) is 8.73. The van der Waals surface area contributed by atoms with Crippen LogP contribution in [0.15, 0.2) is 10.3 Å². The quantitative estimate of drug-likeness (QED) is 0.803. The lowest BCUT2D eigenvalue weighted by Crippen LogP contribution is -2.40. The Bertz CT molecular complexity index is 520. The van der Waals surface area contributed by atoms with Crippen molar-refractivity contribution in [3.8, 4) is 0 Å². The molecule has 0 amide bonds. The number of thiophene rings is 1. The summed E-state index contributed by atoms with van der Waals surface area (Å²) >= 11 is 1.25. The lowest BCUT2D eigenvalue weighted by molar-refractivity contribution is -0.00515. The van der Waals surface area contributed by atoms with Crippen molar-refractivity contribution in [3.63, 3.8) is 0 Å². The van der Waals surface area contributed by atoms with Crippen LogP contribution < -0.4 is 4.72 Å². The van der Waals surface area contributed by atoms with E-state index in [1.54, 1.807) is 12.3 Å². The van der Waals surface area contributed by atoms with Gasteiger partial charge in [-0.05, 0) is 38.6 Å². The lowest BCUT2D eigenvalue weighted by Gasteiger charge is -2.24. The van der Waals surface area contributed by atoms with Gasteiger partial charge in [0.1, 0.15) is 4.90 Å². The summed E-state index contributed by atoms with van der Waals surface area (Å²) in [6.07, 6.45) is 0. The summed E-state index contributed by atoms with van der Waals surface area (Å²) in [4.78, 5) is 0.645. The molecule has 0 fully saturated rings. The zero-order chi connectivity index (χ0) is 14.7. The normalized spacial score (nSPS) is 12.9. The maximum absolute atomic E-state index is 12.3. The van der Waals surface area contributed by atoms with Crippen LogP contribution in [-0.2, 0) is 21.4 Å². The minimum atomic E-state index is -3.62. The van der Waals surface area contributed by atoms with E-state index in [1.807, 2.05) is 20.8 Å². The van der Waals surface area contributed by atoms with Gasteiger partial charge in [0.25, 0.3) is 0 Å². The zero-order valence-electron chi connectivity index (χ0n) is 11.7. The standard InChI is InChI=1S/C12H21NO4S2/c1-5-17-12(3,4)8-13-19(15,16)11-9(2)7-18-10(11)6-14/h7,13-14H,5-6,8H2,1-4H3. The van der Waals surface area contributed by atoms with Gasteiger partial charge in [0.05, 0.1) is 17.1 Å². The Labute approximate surface area is 118 Å². The van der Waals surface area contributed by atoms with Gasteiger partial charge in [-0.1, -0.05) is 0 Å². The van der Waals surface area contributed by atoms with Crippen molar-refractivity contribution in [2.45, 2.75) is 44.8 Å². The third kappa shape index (κ3) is 4.25. The Kier molecular flexibility index (Phi) is 5.52. The van der Waals surface area contributed by atoms with Gasteiger partial charge >= 0.3 is 0 Å². The van der Waals surface area contributed by atoms with Crippen molar-refractivity contribution in [2.24, 2.45) is 0 Å². The van der Waals surface area contributed by atoms with Gasteiger partial charge in [0.15, 0.2) is 0 Å². The number of aliphatic hydroxyl groups is 1. The van der Waals surface area contributed by atoms with E-state index in [0.29, 0.717) is 17.0 Å². The van der Waals surface area contributed by atoms with Gasteiger partial charge in [-0.25, -0.2) is 13.1 Å².